The van der Waals surface area contributed by atoms with Crippen LogP contribution in [0, 0.1) is 10.1 Å². The molecule has 0 unspecified atom stereocenters. The summed E-state index contributed by atoms with van der Waals surface area (Å²) in [6.07, 6.45) is 1.76. The maximum absolute atomic E-state index is 11.6. The molecule has 0 bridgehead atoms. The Morgan fingerprint density at radius 3 is 2.38 bits per heavy atom. The van der Waals surface area contributed by atoms with Crippen LogP contribution in [0.25, 0.3) is 0 Å². The van der Waals surface area contributed by atoms with Gasteiger partial charge in [-0.2, -0.15) is 0 Å². The zero-order valence-corrected chi connectivity index (χ0v) is 13.8. The molecule has 0 saturated heterocycles. The van der Waals surface area contributed by atoms with Gasteiger partial charge in [0.05, 0.1) is 4.92 Å². The largest absolute Gasteiger partial charge is 0.379 e. The van der Waals surface area contributed by atoms with Crippen molar-refractivity contribution < 1.29 is 9.72 Å². The van der Waals surface area contributed by atoms with Gasteiger partial charge in [0.2, 0.25) is 0 Å². The third-order valence-corrected chi connectivity index (χ3v) is 3.84. The Morgan fingerprint density at radius 2 is 1.79 bits per heavy atom. The van der Waals surface area contributed by atoms with E-state index in [1.165, 1.54) is 24.2 Å². The summed E-state index contributed by atoms with van der Waals surface area (Å²) in [7, 11) is 1.49. The van der Waals surface area contributed by atoms with E-state index in [0.717, 1.165) is 12.8 Å². The third kappa shape index (κ3) is 4.32. The minimum atomic E-state index is -0.481. The van der Waals surface area contributed by atoms with Gasteiger partial charge in [-0.25, -0.2) is 0 Å². The van der Waals surface area contributed by atoms with Gasteiger partial charge in [0.1, 0.15) is 5.69 Å². The molecule has 2 rings (SSSR count). The first-order valence-electron chi connectivity index (χ1n) is 7.87. The summed E-state index contributed by atoms with van der Waals surface area (Å²) in [4.78, 5) is 22.3. The zero-order chi connectivity index (χ0) is 17.5. The monoisotopic (exact) mass is 327 g/mol. The van der Waals surface area contributed by atoms with Crippen LogP contribution in [-0.4, -0.2) is 24.4 Å². The predicted molar refractivity (Wildman–Crippen MR) is 94.5 cm³/mol. The molecule has 0 spiro atoms. The number of amides is 1. The number of anilines is 1. The van der Waals surface area contributed by atoms with Crippen LogP contribution in [0.3, 0.4) is 0 Å². The van der Waals surface area contributed by atoms with Gasteiger partial charge < -0.3 is 10.6 Å². The van der Waals surface area contributed by atoms with Gasteiger partial charge in [-0.05, 0) is 36.1 Å². The quantitative estimate of drug-likeness (QED) is 0.604. The normalized spacial score (nSPS) is 10.2. The van der Waals surface area contributed by atoms with Crippen molar-refractivity contribution in [3.63, 3.8) is 0 Å². The first-order valence-corrected chi connectivity index (χ1v) is 7.87. The smallest absolute Gasteiger partial charge is 0.293 e. The molecule has 2 aromatic carbocycles. The van der Waals surface area contributed by atoms with Gasteiger partial charge in [0.15, 0.2) is 0 Å². The number of benzene rings is 2. The van der Waals surface area contributed by atoms with Crippen molar-refractivity contribution in [3.8, 4) is 0 Å². The molecule has 0 aliphatic carbocycles. The van der Waals surface area contributed by atoms with Crippen LogP contribution in [-0.2, 0) is 12.8 Å². The lowest BCUT2D eigenvalue weighted by Gasteiger charge is -2.09. The first-order chi connectivity index (χ1) is 11.5. The third-order valence-electron chi connectivity index (χ3n) is 3.84. The average molecular weight is 327 g/mol. The van der Waals surface area contributed by atoms with E-state index in [4.69, 9.17) is 0 Å². The molecule has 2 aromatic rings. The van der Waals surface area contributed by atoms with Crippen molar-refractivity contribution in [2.75, 3.05) is 18.9 Å². The molecule has 1 amide bonds. The number of rotatable bonds is 7. The fourth-order valence-electron chi connectivity index (χ4n) is 2.40. The number of hydrogen-bond acceptors (Lipinski definition) is 4. The first kappa shape index (κ1) is 17.5. The highest BCUT2D eigenvalue weighted by Gasteiger charge is 2.16. The van der Waals surface area contributed by atoms with Crippen LogP contribution < -0.4 is 10.6 Å². The van der Waals surface area contributed by atoms with Crippen molar-refractivity contribution in [2.24, 2.45) is 0 Å². The molecule has 0 aromatic heterocycles. The molecule has 6 nitrogen and oxygen atoms in total. The van der Waals surface area contributed by atoms with Gasteiger partial charge in [0, 0.05) is 25.2 Å². The number of nitrogens with zero attached hydrogens (tertiary/aromatic N) is 1. The molecule has 0 saturated carbocycles. The van der Waals surface area contributed by atoms with E-state index >= 15 is 0 Å². The Labute approximate surface area is 141 Å². The molecule has 2 N–H and O–H groups in total. The van der Waals surface area contributed by atoms with Crippen LogP contribution in [0.5, 0.6) is 0 Å². The summed E-state index contributed by atoms with van der Waals surface area (Å²) in [5.41, 5.74) is 3.04. The fourth-order valence-corrected chi connectivity index (χ4v) is 2.40. The van der Waals surface area contributed by atoms with E-state index in [1.54, 1.807) is 12.1 Å². The Morgan fingerprint density at radius 1 is 1.12 bits per heavy atom. The van der Waals surface area contributed by atoms with Crippen LogP contribution >= 0.6 is 0 Å². The molecule has 126 valence electrons. The van der Waals surface area contributed by atoms with E-state index in [0.29, 0.717) is 12.2 Å². The standard InChI is InChI=1S/C18H21N3O3/c1-3-13-4-6-14(7-5-13)10-11-20-16-9-8-15(18(22)19-2)12-17(16)21(23)24/h4-9,12,20H,3,10-11H2,1-2H3,(H,19,22). The van der Waals surface area contributed by atoms with E-state index in [1.807, 2.05) is 0 Å². The number of carbonyl (C=O) groups is 1. The molecule has 0 radical (unpaired) electrons. The van der Waals surface area contributed by atoms with Gasteiger partial charge in [-0.15, -0.1) is 0 Å². The van der Waals surface area contributed by atoms with Gasteiger partial charge in [-0.1, -0.05) is 31.2 Å². The van der Waals surface area contributed by atoms with Crippen molar-refractivity contribution >= 4 is 17.3 Å². The lowest BCUT2D eigenvalue weighted by molar-refractivity contribution is -0.384. The summed E-state index contributed by atoms with van der Waals surface area (Å²) in [6, 6.07) is 12.8. The number of carbonyl (C=O) groups excluding carboxylic acids is 1. The van der Waals surface area contributed by atoms with E-state index in [-0.39, 0.29) is 17.2 Å². The lowest BCUT2D eigenvalue weighted by Crippen LogP contribution is -2.18. The van der Waals surface area contributed by atoms with Crippen LogP contribution in [0.2, 0.25) is 0 Å². The minimum Gasteiger partial charge on any atom is -0.379 e. The SMILES string of the molecule is CCc1ccc(CCNc2ccc(C(=O)NC)cc2[N+](=O)[O-])cc1. The van der Waals surface area contributed by atoms with Crippen molar-refractivity contribution in [3.05, 3.63) is 69.3 Å². The molecular formula is C18H21N3O3. The summed E-state index contributed by atoms with van der Waals surface area (Å²) < 4.78 is 0. The van der Waals surface area contributed by atoms with Crippen LogP contribution in [0.1, 0.15) is 28.4 Å². The maximum Gasteiger partial charge on any atom is 0.293 e. The van der Waals surface area contributed by atoms with Crippen molar-refractivity contribution in [1.29, 1.82) is 0 Å². The summed E-state index contributed by atoms with van der Waals surface area (Å²) in [5, 5.41) is 16.8. The van der Waals surface area contributed by atoms with Gasteiger partial charge >= 0.3 is 0 Å². The summed E-state index contributed by atoms with van der Waals surface area (Å²) in [5.74, 6) is -0.347. The number of nitro benzene ring substituents is 1. The summed E-state index contributed by atoms with van der Waals surface area (Å²) >= 11 is 0. The molecular weight excluding hydrogens is 306 g/mol. The highest BCUT2D eigenvalue weighted by molar-refractivity contribution is 5.95. The van der Waals surface area contributed by atoms with Crippen molar-refractivity contribution in [2.45, 2.75) is 19.8 Å². The number of hydrogen-bond donors (Lipinski definition) is 2. The predicted octanol–water partition coefficient (Wildman–Crippen LogP) is 3.17. The number of nitro groups is 1. The number of aryl methyl sites for hydroxylation is 1. The molecule has 0 atom stereocenters. The van der Waals surface area contributed by atoms with Gasteiger partial charge in [0.25, 0.3) is 11.6 Å². The summed E-state index contributed by atoms with van der Waals surface area (Å²) in [6.45, 7) is 2.68. The Balaban J connectivity index is 2.05. The minimum absolute atomic E-state index is 0.0996. The van der Waals surface area contributed by atoms with E-state index in [9.17, 15) is 14.9 Å². The lowest BCUT2D eigenvalue weighted by atomic mass is 10.1. The second kappa shape index (κ2) is 8.10. The molecule has 0 heterocycles. The molecule has 0 aliphatic heterocycles. The zero-order valence-electron chi connectivity index (χ0n) is 13.8. The number of nitrogens with one attached hydrogen (secondary N) is 2. The molecule has 6 heteroatoms. The Kier molecular flexibility index (Phi) is 5.89. The molecule has 0 aliphatic rings. The second-order valence-electron chi connectivity index (χ2n) is 5.41. The highest BCUT2D eigenvalue weighted by atomic mass is 16.6. The highest BCUT2D eigenvalue weighted by Crippen LogP contribution is 2.25. The second-order valence-corrected chi connectivity index (χ2v) is 5.41. The molecule has 0 fully saturated rings. The van der Waals surface area contributed by atoms with Crippen LogP contribution in [0.4, 0.5) is 11.4 Å². The van der Waals surface area contributed by atoms with E-state index < -0.39 is 4.92 Å². The Bertz CT molecular complexity index is 727. The molecule has 24 heavy (non-hydrogen) atoms. The van der Waals surface area contributed by atoms with Crippen LogP contribution in [0.15, 0.2) is 42.5 Å². The maximum atomic E-state index is 11.6. The Hall–Kier alpha value is -2.89. The van der Waals surface area contributed by atoms with E-state index in [2.05, 4.69) is 41.8 Å². The topological polar surface area (TPSA) is 84.3 Å². The average Bonchev–Trinajstić information content (AvgIpc) is 2.61. The fraction of sp³-hybridized carbons (Fsp3) is 0.278. The van der Waals surface area contributed by atoms with Gasteiger partial charge in [-0.3, -0.25) is 14.9 Å². The van der Waals surface area contributed by atoms with Crippen molar-refractivity contribution in [1.82, 2.24) is 5.32 Å².